The van der Waals surface area contributed by atoms with E-state index in [1.807, 2.05) is 41.3 Å². The number of pyridine rings is 1. The Morgan fingerprint density at radius 3 is 2.34 bits per heavy atom. The Balaban J connectivity index is 0.929. The van der Waals surface area contributed by atoms with Gasteiger partial charge in [-0.1, -0.05) is 18.2 Å². The monoisotopic (exact) mass is 763 g/mol. The largest absolute Gasteiger partial charge is 0.476 e. The molecule has 290 valence electrons. The molecule has 4 aliphatic rings. The fraction of sp³-hybridized carbons (Fsp3) is 0.415. The first kappa shape index (κ1) is 36.1. The summed E-state index contributed by atoms with van der Waals surface area (Å²) in [4.78, 5) is 36.9. The third-order valence-corrected chi connectivity index (χ3v) is 11.9. The summed E-state index contributed by atoms with van der Waals surface area (Å²) < 4.78 is 37.7. The average molecular weight is 764 g/mol. The molecule has 3 fully saturated rings. The molecule has 3 saturated heterocycles. The maximum Gasteiger partial charge on any atom is 0.356 e. The second-order valence-electron chi connectivity index (χ2n) is 15.1. The number of carboxylic acids is 1. The van der Waals surface area contributed by atoms with Crippen LogP contribution >= 0.6 is 0 Å². The molecule has 7 heterocycles. The van der Waals surface area contributed by atoms with Crippen molar-refractivity contribution in [3.63, 3.8) is 0 Å². The highest BCUT2D eigenvalue weighted by Gasteiger charge is 2.35. The average Bonchev–Trinajstić information content (AvgIpc) is 3.59. The molecule has 5 aromatic rings. The van der Waals surface area contributed by atoms with E-state index < -0.39 is 12.4 Å². The van der Waals surface area contributed by atoms with Crippen LogP contribution < -0.4 is 9.80 Å². The molecule has 56 heavy (non-hydrogen) atoms. The summed E-state index contributed by atoms with van der Waals surface area (Å²) in [5, 5.41) is 23.7. The van der Waals surface area contributed by atoms with E-state index in [-0.39, 0.29) is 23.2 Å². The quantitative estimate of drug-likeness (QED) is 0.216. The van der Waals surface area contributed by atoms with Crippen molar-refractivity contribution in [3.05, 3.63) is 83.3 Å². The second kappa shape index (κ2) is 14.8. The predicted octanol–water partition coefficient (Wildman–Crippen LogP) is 5.46. The van der Waals surface area contributed by atoms with Crippen molar-refractivity contribution in [3.8, 4) is 22.4 Å². The molecule has 1 amide bonds. The molecule has 13 nitrogen and oxygen atoms in total. The van der Waals surface area contributed by atoms with Gasteiger partial charge in [-0.05, 0) is 65.6 Å². The molecular weight excluding hydrogens is 721 g/mol. The van der Waals surface area contributed by atoms with Gasteiger partial charge < -0.3 is 24.5 Å². The standard InChI is InChI=1S/C41H43F2N9O4/c1-25(53)50-12-9-36-34(24-50)39(47-52(36)28-10-17-56-18-11-28)30-4-2-3-26-19-31(33(40(42)43)20-32(26)30)27-5-7-37(44-21-27)51-22-29(23-51)48-13-15-49(16-14-48)38-8-6-35(41(54)55)45-46-38/h2-8,19-21,28-29,40H,9-18,22-24H2,1H3,(H,54,55). The first-order valence-corrected chi connectivity index (χ1v) is 19.3. The Hall–Kier alpha value is -5.54. The van der Waals surface area contributed by atoms with Gasteiger partial charge in [-0.3, -0.25) is 14.4 Å². The summed E-state index contributed by atoms with van der Waals surface area (Å²) in [5.41, 5.74) is 4.58. The minimum atomic E-state index is -2.71. The van der Waals surface area contributed by atoms with Crippen molar-refractivity contribution < 1.29 is 28.2 Å². The summed E-state index contributed by atoms with van der Waals surface area (Å²) in [6.45, 7) is 8.86. The Bertz CT molecular complexity index is 2260. The van der Waals surface area contributed by atoms with Crippen LogP contribution in [-0.2, 0) is 22.5 Å². The van der Waals surface area contributed by atoms with E-state index in [9.17, 15) is 18.4 Å². The molecule has 2 aromatic carbocycles. The van der Waals surface area contributed by atoms with Crippen molar-refractivity contribution >= 4 is 34.3 Å². The van der Waals surface area contributed by atoms with Gasteiger partial charge in [0.2, 0.25) is 5.91 Å². The van der Waals surface area contributed by atoms with Gasteiger partial charge in [0.05, 0.1) is 11.7 Å². The molecule has 0 unspecified atom stereocenters. The number of rotatable bonds is 8. The smallest absolute Gasteiger partial charge is 0.356 e. The zero-order valence-electron chi connectivity index (χ0n) is 31.2. The predicted molar refractivity (Wildman–Crippen MR) is 206 cm³/mol. The molecule has 9 rings (SSSR count). The first-order valence-electron chi connectivity index (χ1n) is 19.3. The van der Waals surface area contributed by atoms with Crippen LogP contribution in [0.15, 0.2) is 60.8 Å². The molecule has 0 atom stereocenters. The summed E-state index contributed by atoms with van der Waals surface area (Å²) in [5.74, 6) is 0.396. The first-order chi connectivity index (χ1) is 27.2. The maximum atomic E-state index is 15.0. The number of ether oxygens (including phenoxy) is 1. The minimum absolute atomic E-state index is 0.00597. The third kappa shape index (κ3) is 6.72. The summed E-state index contributed by atoms with van der Waals surface area (Å²) in [7, 11) is 0. The van der Waals surface area contributed by atoms with E-state index in [2.05, 4.69) is 29.6 Å². The van der Waals surface area contributed by atoms with E-state index >= 15 is 0 Å². The van der Waals surface area contributed by atoms with E-state index in [0.717, 1.165) is 85.8 Å². The van der Waals surface area contributed by atoms with Crippen molar-refractivity contribution in [1.82, 2.24) is 34.8 Å². The lowest BCUT2D eigenvalue weighted by atomic mass is 9.92. The van der Waals surface area contributed by atoms with Crippen LogP contribution in [0.4, 0.5) is 20.4 Å². The molecule has 1 N–H and O–H groups in total. The summed E-state index contributed by atoms with van der Waals surface area (Å²) in [6.07, 6.45) is 1.38. The second-order valence-corrected chi connectivity index (χ2v) is 15.1. The number of amides is 1. The molecule has 0 radical (unpaired) electrons. The molecular formula is C41H43F2N9O4. The Kier molecular flexibility index (Phi) is 9.57. The SMILES string of the molecule is CC(=O)N1CCc2c(c(-c3cccc4cc(-c5ccc(N6CC(N7CCN(c8ccc(C(=O)O)nn8)CC7)C6)nc5)c(C(F)F)cc34)nn2C2CCOCC2)C1. The fourth-order valence-corrected chi connectivity index (χ4v) is 8.67. The van der Waals surface area contributed by atoms with Crippen molar-refractivity contribution in [1.29, 1.82) is 0 Å². The van der Waals surface area contributed by atoms with Crippen LogP contribution in [0.1, 0.15) is 59.5 Å². The van der Waals surface area contributed by atoms with E-state index in [1.54, 1.807) is 25.3 Å². The molecule has 4 aliphatic heterocycles. The van der Waals surface area contributed by atoms with Gasteiger partial charge in [0.1, 0.15) is 5.82 Å². The lowest BCUT2D eigenvalue weighted by Crippen LogP contribution is -2.63. The van der Waals surface area contributed by atoms with Crippen LogP contribution in [-0.4, -0.2) is 117 Å². The van der Waals surface area contributed by atoms with Crippen LogP contribution in [0.5, 0.6) is 0 Å². The maximum absolute atomic E-state index is 15.0. The number of anilines is 2. The number of nitrogens with zero attached hydrogens (tertiary/aromatic N) is 9. The van der Waals surface area contributed by atoms with E-state index in [1.165, 1.54) is 6.07 Å². The van der Waals surface area contributed by atoms with Crippen LogP contribution in [0.25, 0.3) is 33.2 Å². The van der Waals surface area contributed by atoms with Gasteiger partial charge in [0.15, 0.2) is 11.5 Å². The van der Waals surface area contributed by atoms with Gasteiger partial charge in [-0.15, -0.1) is 10.2 Å². The molecule has 15 heteroatoms. The third-order valence-electron chi connectivity index (χ3n) is 11.9. The highest BCUT2D eigenvalue weighted by molar-refractivity contribution is 5.99. The number of carbonyl (C=O) groups is 2. The normalized spacial score (nSPS) is 18.4. The van der Waals surface area contributed by atoms with Gasteiger partial charge in [-0.2, -0.15) is 5.10 Å². The van der Waals surface area contributed by atoms with Crippen LogP contribution in [0, 0.1) is 0 Å². The lowest BCUT2D eigenvalue weighted by Gasteiger charge is -2.48. The van der Waals surface area contributed by atoms with Gasteiger partial charge in [0, 0.05) is 119 Å². The number of hydrogen-bond acceptors (Lipinski definition) is 10. The fourth-order valence-electron chi connectivity index (χ4n) is 8.67. The Morgan fingerprint density at radius 2 is 1.66 bits per heavy atom. The van der Waals surface area contributed by atoms with Crippen molar-refractivity contribution in [2.24, 2.45) is 0 Å². The molecule has 0 saturated carbocycles. The van der Waals surface area contributed by atoms with Crippen molar-refractivity contribution in [2.45, 2.75) is 51.2 Å². The number of aromatic carboxylic acids is 1. The van der Waals surface area contributed by atoms with Gasteiger partial charge in [-0.25, -0.2) is 18.6 Å². The number of halogens is 2. The highest BCUT2D eigenvalue weighted by atomic mass is 19.3. The lowest BCUT2D eigenvalue weighted by molar-refractivity contribution is -0.129. The molecule has 0 bridgehead atoms. The topological polar surface area (TPSA) is 133 Å². The number of carboxylic acid groups (broad SMARTS) is 1. The summed E-state index contributed by atoms with van der Waals surface area (Å²) >= 11 is 0. The number of carbonyl (C=O) groups excluding carboxylic acids is 1. The molecule has 3 aromatic heterocycles. The summed E-state index contributed by atoms with van der Waals surface area (Å²) in [6, 6.07) is 16.8. The number of piperazine rings is 1. The van der Waals surface area contributed by atoms with Crippen LogP contribution in [0.3, 0.4) is 0 Å². The minimum Gasteiger partial charge on any atom is -0.476 e. The van der Waals surface area contributed by atoms with Crippen molar-refractivity contribution in [2.75, 3.05) is 68.8 Å². The number of benzene rings is 2. The highest BCUT2D eigenvalue weighted by Crippen LogP contribution is 2.41. The molecule has 0 spiro atoms. The Labute approximate surface area is 322 Å². The van der Waals surface area contributed by atoms with E-state index in [0.29, 0.717) is 61.1 Å². The number of aromatic nitrogens is 5. The zero-order valence-corrected chi connectivity index (χ0v) is 31.2. The number of alkyl halides is 2. The van der Waals surface area contributed by atoms with Crippen LogP contribution in [0.2, 0.25) is 0 Å². The zero-order chi connectivity index (χ0) is 38.5. The molecule has 0 aliphatic carbocycles. The van der Waals surface area contributed by atoms with Gasteiger partial charge >= 0.3 is 5.97 Å². The number of hydrogen-bond donors (Lipinski definition) is 1. The van der Waals surface area contributed by atoms with Gasteiger partial charge in [0.25, 0.3) is 6.43 Å². The number of fused-ring (bicyclic) bond motifs is 2. The Morgan fingerprint density at radius 1 is 0.875 bits per heavy atom. The van der Waals surface area contributed by atoms with E-state index in [4.69, 9.17) is 19.9 Å².